The lowest BCUT2D eigenvalue weighted by Crippen LogP contribution is -2.16. The van der Waals surface area contributed by atoms with Gasteiger partial charge in [-0.1, -0.05) is 49.2 Å². The number of aryl methyl sites for hydroxylation is 2. The van der Waals surface area contributed by atoms with Gasteiger partial charge in [0.2, 0.25) is 0 Å². The number of methoxy groups -OCH3 is 1. The fourth-order valence-electron chi connectivity index (χ4n) is 2.64. The van der Waals surface area contributed by atoms with Crippen LogP contribution in [0.2, 0.25) is 0 Å². The van der Waals surface area contributed by atoms with Crippen molar-refractivity contribution in [3.63, 3.8) is 0 Å². The van der Waals surface area contributed by atoms with Crippen molar-refractivity contribution in [3.05, 3.63) is 59.2 Å². The predicted octanol–water partition coefficient (Wildman–Crippen LogP) is 4.93. The van der Waals surface area contributed by atoms with Gasteiger partial charge in [-0.15, -0.1) is 11.8 Å². The first-order chi connectivity index (χ1) is 12.2. The number of thioether (sulfide) groups is 1. The molecule has 0 spiro atoms. The molecule has 0 saturated carbocycles. The Morgan fingerprint density at radius 1 is 1.04 bits per heavy atom. The predicted molar refractivity (Wildman–Crippen MR) is 111 cm³/mol. The van der Waals surface area contributed by atoms with Gasteiger partial charge >= 0.3 is 0 Å². The maximum absolute atomic E-state index is 12.8. The SMILES string of the molecule is COCC(SC(C)C)c1cc(C)ccc1NS(=O)(=O)c1ccc(C)cc1. The van der Waals surface area contributed by atoms with Crippen molar-refractivity contribution >= 4 is 27.5 Å². The zero-order valence-electron chi connectivity index (χ0n) is 15.9. The molecule has 0 heterocycles. The molecule has 1 N–H and O–H groups in total. The second-order valence-electron chi connectivity index (χ2n) is 6.64. The molecule has 0 fully saturated rings. The van der Waals surface area contributed by atoms with Gasteiger partial charge in [-0.05, 0) is 42.9 Å². The number of hydrogen-bond acceptors (Lipinski definition) is 4. The Hall–Kier alpha value is -1.50. The summed E-state index contributed by atoms with van der Waals surface area (Å²) in [6.07, 6.45) is 0. The quantitative estimate of drug-likeness (QED) is 0.691. The fraction of sp³-hybridized carbons (Fsp3) is 0.400. The summed E-state index contributed by atoms with van der Waals surface area (Å²) in [5.74, 6) is 0. The van der Waals surface area contributed by atoms with Gasteiger partial charge in [-0.3, -0.25) is 4.72 Å². The van der Waals surface area contributed by atoms with Crippen molar-refractivity contribution in [1.29, 1.82) is 0 Å². The molecule has 1 unspecified atom stereocenters. The molecule has 1 atom stereocenters. The van der Waals surface area contributed by atoms with E-state index < -0.39 is 10.0 Å². The van der Waals surface area contributed by atoms with Gasteiger partial charge in [-0.25, -0.2) is 8.42 Å². The van der Waals surface area contributed by atoms with E-state index in [1.165, 1.54) is 0 Å². The Bertz CT molecular complexity index is 831. The summed E-state index contributed by atoms with van der Waals surface area (Å²) in [4.78, 5) is 0.259. The van der Waals surface area contributed by atoms with Crippen molar-refractivity contribution in [2.45, 2.75) is 43.1 Å². The highest BCUT2D eigenvalue weighted by molar-refractivity contribution is 8.00. The molecular weight excluding hydrogens is 366 g/mol. The van der Waals surface area contributed by atoms with Crippen LogP contribution in [0.1, 0.15) is 35.8 Å². The summed E-state index contributed by atoms with van der Waals surface area (Å²) in [5.41, 5.74) is 3.66. The zero-order chi connectivity index (χ0) is 19.3. The molecule has 0 aromatic heterocycles. The van der Waals surface area contributed by atoms with Crippen molar-refractivity contribution in [1.82, 2.24) is 0 Å². The maximum atomic E-state index is 12.8. The summed E-state index contributed by atoms with van der Waals surface area (Å²) in [7, 11) is -1.98. The van der Waals surface area contributed by atoms with Gasteiger partial charge in [0.15, 0.2) is 0 Å². The van der Waals surface area contributed by atoms with Crippen molar-refractivity contribution < 1.29 is 13.2 Å². The molecule has 142 valence electrons. The number of ether oxygens (including phenoxy) is 1. The van der Waals surface area contributed by atoms with E-state index in [0.29, 0.717) is 17.5 Å². The maximum Gasteiger partial charge on any atom is 0.261 e. The number of benzene rings is 2. The molecular formula is C20H27NO3S2. The van der Waals surface area contributed by atoms with E-state index in [9.17, 15) is 8.42 Å². The van der Waals surface area contributed by atoms with Gasteiger partial charge in [0.1, 0.15) is 0 Å². The smallest absolute Gasteiger partial charge is 0.261 e. The molecule has 4 nitrogen and oxygen atoms in total. The van der Waals surface area contributed by atoms with E-state index in [1.54, 1.807) is 43.1 Å². The van der Waals surface area contributed by atoms with E-state index in [4.69, 9.17) is 4.74 Å². The van der Waals surface area contributed by atoms with Crippen LogP contribution >= 0.6 is 11.8 Å². The Morgan fingerprint density at radius 3 is 2.23 bits per heavy atom. The second kappa shape index (κ2) is 8.93. The normalized spacial score (nSPS) is 13.0. The molecule has 2 aromatic carbocycles. The van der Waals surface area contributed by atoms with Gasteiger partial charge in [0.25, 0.3) is 10.0 Å². The minimum absolute atomic E-state index is 0.0515. The molecule has 2 rings (SSSR count). The molecule has 0 amide bonds. The van der Waals surface area contributed by atoms with E-state index in [0.717, 1.165) is 16.7 Å². The second-order valence-corrected chi connectivity index (χ2v) is 10.1. The number of nitrogens with one attached hydrogen (secondary N) is 1. The van der Waals surface area contributed by atoms with Gasteiger partial charge in [-0.2, -0.15) is 0 Å². The molecule has 0 aliphatic carbocycles. The van der Waals surface area contributed by atoms with Crippen LogP contribution in [0.25, 0.3) is 0 Å². The highest BCUT2D eigenvalue weighted by Gasteiger charge is 2.21. The number of rotatable bonds is 8. The largest absolute Gasteiger partial charge is 0.383 e. The van der Waals surface area contributed by atoms with Crippen molar-refractivity contribution in [3.8, 4) is 0 Å². The highest BCUT2D eigenvalue weighted by atomic mass is 32.2. The van der Waals surface area contributed by atoms with E-state index in [1.807, 2.05) is 32.0 Å². The molecule has 26 heavy (non-hydrogen) atoms. The standard InChI is InChI=1S/C20H27NO3S2/c1-14(2)25-20(13-24-5)18-12-16(4)8-11-19(18)21-26(22,23)17-9-6-15(3)7-10-17/h6-12,14,20-21H,13H2,1-5H3. The minimum Gasteiger partial charge on any atom is -0.383 e. The first-order valence-electron chi connectivity index (χ1n) is 8.57. The molecule has 2 aromatic rings. The van der Waals surface area contributed by atoms with Crippen LogP contribution in [0.3, 0.4) is 0 Å². The van der Waals surface area contributed by atoms with E-state index in [2.05, 4.69) is 18.6 Å². The molecule has 0 saturated heterocycles. The van der Waals surface area contributed by atoms with E-state index in [-0.39, 0.29) is 10.1 Å². The molecule has 6 heteroatoms. The zero-order valence-corrected chi connectivity index (χ0v) is 17.6. The molecule has 0 aliphatic rings. The summed E-state index contributed by atoms with van der Waals surface area (Å²) in [6.45, 7) is 8.70. The van der Waals surface area contributed by atoms with Gasteiger partial charge < -0.3 is 4.74 Å². The Kier molecular flexibility index (Phi) is 7.15. The molecule has 0 radical (unpaired) electrons. The summed E-state index contributed by atoms with van der Waals surface area (Å²) in [6, 6.07) is 12.6. The van der Waals surface area contributed by atoms with Gasteiger partial charge in [0.05, 0.1) is 22.4 Å². The van der Waals surface area contributed by atoms with Crippen LogP contribution in [-0.4, -0.2) is 27.4 Å². The highest BCUT2D eigenvalue weighted by Crippen LogP contribution is 2.37. The average Bonchev–Trinajstić information content (AvgIpc) is 2.56. The first-order valence-corrected chi connectivity index (χ1v) is 11.0. The Morgan fingerprint density at radius 2 is 1.65 bits per heavy atom. The van der Waals surface area contributed by atoms with Crippen LogP contribution in [-0.2, 0) is 14.8 Å². The minimum atomic E-state index is -3.64. The summed E-state index contributed by atoms with van der Waals surface area (Å²) in [5, 5.41) is 0.452. The fourth-order valence-corrected chi connectivity index (χ4v) is 4.95. The van der Waals surface area contributed by atoms with Crippen LogP contribution in [0.5, 0.6) is 0 Å². The van der Waals surface area contributed by atoms with Crippen LogP contribution < -0.4 is 4.72 Å². The Balaban J connectivity index is 2.41. The topological polar surface area (TPSA) is 55.4 Å². The number of sulfonamides is 1. The number of hydrogen-bond donors (Lipinski definition) is 1. The lowest BCUT2D eigenvalue weighted by molar-refractivity contribution is 0.200. The molecule has 0 bridgehead atoms. The third-order valence-corrected chi connectivity index (χ3v) is 6.53. The van der Waals surface area contributed by atoms with Crippen LogP contribution in [0.15, 0.2) is 47.4 Å². The van der Waals surface area contributed by atoms with Crippen LogP contribution in [0.4, 0.5) is 5.69 Å². The van der Waals surface area contributed by atoms with Crippen molar-refractivity contribution in [2.24, 2.45) is 0 Å². The molecule has 0 aliphatic heterocycles. The lowest BCUT2D eigenvalue weighted by atomic mass is 10.1. The Labute approximate surface area is 161 Å². The summed E-state index contributed by atoms with van der Waals surface area (Å²) >= 11 is 1.76. The van der Waals surface area contributed by atoms with Crippen LogP contribution in [0, 0.1) is 13.8 Å². The van der Waals surface area contributed by atoms with Crippen molar-refractivity contribution in [2.75, 3.05) is 18.4 Å². The van der Waals surface area contributed by atoms with Gasteiger partial charge in [0, 0.05) is 7.11 Å². The number of anilines is 1. The first kappa shape index (κ1) is 20.8. The monoisotopic (exact) mass is 393 g/mol. The summed E-state index contributed by atoms with van der Waals surface area (Å²) < 4.78 is 33.8. The third-order valence-electron chi connectivity index (χ3n) is 3.88. The average molecular weight is 394 g/mol. The third kappa shape index (κ3) is 5.50. The van der Waals surface area contributed by atoms with E-state index >= 15 is 0 Å². The lowest BCUT2D eigenvalue weighted by Gasteiger charge is -2.22.